The van der Waals surface area contributed by atoms with E-state index in [1.54, 1.807) is 0 Å². The van der Waals surface area contributed by atoms with Gasteiger partial charge in [0.05, 0.1) is 11.9 Å². The summed E-state index contributed by atoms with van der Waals surface area (Å²) in [4.78, 5) is 0. The molecular weight excluding hydrogens is 306 g/mol. The zero-order chi connectivity index (χ0) is 16.0. The molecule has 0 aromatic heterocycles. The van der Waals surface area contributed by atoms with Crippen LogP contribution in [0.15, 0.2) is 18.2 Å². The van der Waals surface area contributed by atoms with Crippen LogP contribution < -0.4 is 15.2 Å². The molecule has 0 radical (unpaired) electrons. The maximum atomic E-state index is 12.2. The van der Waals surface area contributed by atoms with E-state index in [2.05, 4.69) is 0 Å². The molecule has 1 fully saturated rings. The Hall–Kier alpha value is -1.31. The van der Waals surface area contributed by atoms with Crippen LogP contribution in [0.4, 0.5) is 0 Å². The second-order valence-electron chi connectivity index (χ2n) is 5.91. The van der Waals surface area contributed by atoms with E-state index in [-0.39, 0.29) is 19.3 Å². The average Bonchev–Trinajstić information content (AvgIpc) is 2.94. The number of rotatable bonds is 6. The number of benzene rings is 1. The first-order valence-corrected chi connectivity index (χ1v) is 9.25. The zero-order valence-electron chi connectivity index (χ0n) is 12.7. The fourth-order valence-electron chi connectivity index (χ4n) is 3.51. The van der Waals surface area contributed by atoms with Gasteiger partial charge in [-0.05, 0) is 24.6 Å². The van der Waals surface area contributed by atoms with E-state index in [9.17, 15) is 8.42 Å². The molecule has 1 aromatic rings. The van der Waals surface area contributed by atoms with E-state index in [0.29, 0.717) is 24.7 Å². The lowest BCUT2D eigenvalue weighted by Gasteiger charge is -2.15. The smallest absolute Gasteiger partial charge is 0.231 e. The van der Waals surface area contributed by atoms with Crippen LogP contribution in [-0.4, -0.2) is 46.5 Å². The Morgan fingerprint density at radius 3 is 2.73 bits per heavy atom. The maximum absolute atomic E-state index is 12.2. The lowest BCUT2D eigenvalue weighted by molar-refractivity contribution is 0.101. The molecule has 22 heavy (non-hydrogen) atoms. The van der Waals surface area contributed by atoms with Crippen molar-refractivity contribution >= 4 is 9.84 Å². The zero-order valence-corrected chi connectivity index (χ0v) is 13.6. The second-order valence-corrected chi connectivity index (χ2v) is 8.08. The van der Waals surface area contributed by atoms with Gasteiger partial charge >= 0.3 is 0 Å². The molecule has 3 rings (SSSR count). The molecule has 1 heterocycles. The number of nitrogens with two attached hydrogens (primary N) is 1. The van der Waals surface area contributed by atoms with Crippen LogP contribution in [0.5, 0.6) is 11.5 Å². The van der Waals surface area contributed by atoms with Crippen LogP contribution in [0.2, 0.25) is 0 Å². The molecule has 2 aliphatic rings. The summed E-state index contributed by atoms with van der Waals surface area (Å²) in [7, 11) is -3.22. The van der Waals surface area contributed by atoms with E-state index in [0.717, 1.165) is 5.56 Å². The minimum absolute atomic E-state index is 0.173. The van der Waals surface area contributed by atoms with E-state index in [1.807, 2.05) is 25.1 Å². The van der Waals surface area contributed by atoms with E-state index >= 15 is 0 Å². The number of fused-ring (bicyclic) bond motifs is 1. The van der Waals surface area contributed by atoms with Crippen molar-refractivity contribution in [2.24, 2.45) is 11.1 Å². The van der Waals surface area contributed by atoms with Gasteiger partial charge in [-0.1, -0.05) is 6.07 Å². The van der Waals surface area contributed by atoms with Gasteiger partial charge in [0.25, 0.3) is 0 Å². The Morgan fingerprint density at radius 2 is 2.09 bits per heavy atom. The van der Waals surface area contributed by atoms with Gasteiger partial charge in [-0.3, -0.25) is 0 Å². The van der Waals surface area contributed by atoms with Crippen molar-refractivity contribution in [2.45, 2.75) is 18.1 Å². The number of sulfone groups is 1. The highest BCUT2D eigenvalue weighted by atomic mass is 32.2. The lowest BCUT2D eigenvalue weighted by Crippen LogP contribution is -2.28. The van der Waals surface area contributed by atoms with Crippen molar-refractivity contribution in [1.29, 1.82) is 0 Å². The largest absolute Gasteiger partial charge is 0.454 e. The average molecular weight is 327 g/mol. The first kappa shape index (κ1) is 15.6. The summed E-state index contributed by atoms with van der Waals surface area (Å²) in [6.07, 6.45) is 1.26. The lowest BCUT2D eigenvalue weighted by atomic mass is 9.99. The highest BCUT2D eigenvalue weighted by molar-refractivity contribution is 7.91. The van der Waals surface area contributed by atoms with Crippen LogP contribution in [0.25, 0.3) is 0 Å². The SMILES string of the molecule is CCOC[C@@]1(CN)[C@H](S(C)(=O)=O)[C@@H]1c1ccc2c(c1)OCO2. The summed E-state index contributed by atoms with van der Waals surface area (Å²) in [5.74, 6) is 1.16. The van der Waals surface area contributed by atoms with Crippen molar-refractivity contribution in [3.8, 4) is 11.5 Å². The standard InChI is InChI=1S/C15H21NO5S/c1-3-19-8-15(7-16)13(14(15)22(2,17)18)10-4-5-11-12(6-10)21-9-20-11/h4-6,13-14H,3,7-9,16H2,1-2H3/t13-,14+,15+/m0/s1. The first-order chi connectivity index (χ1) is 10.4. The molecule has 7 heteroatoms. The second kappa shape index (κ2) is 5.40. The highest BCUT2D eigenvalue weighted by Gasteiger charge is 2.69. The van der Waals surface area contributed by atoms with Gasteiger partial charge in [0.1, 0.15) is 0 Å². The molecule has 1 aliphatic carbocycles. The Labute approximate surface area is 130 Å². The molecule has 1 aromatic carbocycles. The molecule has 0 spiro atoms. The minimum atomic E-state index is -3.22. The maximum Gasteiger partial charge on any atom is 0.231 e. The van der Waals surface area contributed by atoms with Crippen LogP contribution in [-0.2, 0) is 14.6 Å². The van der Waals surface area contributed by atoms with E-state index < -0.39 is 20.5 Å². The molecule has 0 unspecified atom stereocenters. The summed E-state index contributed by atoms with van der Waals surface area (Å²) in [6.45, 7) is 3.23. The van der Waals surface area contributed by atoms with Gasteiger partial charge in [0, 0.05) is 30.7 Å². The van der Waals surface area contributed by atoms with Gasteiger partial charge in [-0.25, -0.2) is 8.42 Å². The number of ether oxygens (including phenoxy) is 3. The Morgan fingerprint density at radius 1 is 1.36 bits per heavy atom. The predicted molar refractivity (Wildman–Crippen MR) is 81.9 cm³/mol. The monoisotopic (exact) mass is 327 g/mol. The van der Waals surface area contributed by atoms with E-state index in [1.165, 1.54) is 6.26 Å². The summed E-state index contributed by atoms with van der Waals surface area (Å²) in [6, 6.07) is 5.56. The van der Waals surface area contributed by atoms with Crippen molar-refractivity contribution in [2.75, 3.05) is 32.8 Å². The molecule has 1 saturated carbocycles. The quantitative estimate of drug-likeness (QED) is 0.835. The Kier molecular flexibility index (Phi) is 3.82. The summed E-state index contributed by atoms with van der Waals surface area (Å²) >= 11 is 0. The fraction of sp³-hybridized carbons (Fsp3) is 0.600. The normalized spacial score (nSPS) is 29.6. The molecule has 1 aliphatic heterocycles. The summed E-state index contributed by atoms with van der Waals surface area (Å²) < 4.78 is 40.6. The van der Waals surface area contributed by atoms with Crippen LogP contribution >= 0.6 is 0 Å². The van der Waals surface area contributed by atoms with Crippen molar-refractivity contribution in [3.05, 3.63) is 23.8 Å². The van der Waals surface area contributed by atoms with Gasteiger partial charge in [-0.15, -0.1) is 0 Å². The fourth-order valence-corrected chi connectivity index (χ4v) is 5.51. The van der Waals surface area contributed by atoms with Gasteiger partial charge in [-0.2, -0.15) is 0 Å². The minimum Gasteiger partial charge on any atom is -0.454 e. The summed E-state index contributed by atoms with van der Waals surface area (Å²) in [5, 5.41) is -0.517. The third-order valence-corrected chi connectivity index (χ3v) is 6.22. The van der Waals surface area contributed by atoms with Gasteiger partial charge in [0.2, 0.25) is 6.79 Å². The molecular formula is C15H21NO5S. The third kappa shape index (κ3) is 2.37. The van der Waals surface area contributed by atoms with Gasteiger partial charge in [0.15, 0.2) is 21.3 Å². The molecule has 0 bridgehead atoms. The molecule has 0 amide bonds. The van der Waals surface area contributed by atoms with Crippen LogP contribution in [0.1, 0.15) is 18.4 Å². The Balaban J connectivity index is 1.96. The molecule has 122 valence electrons. The molecule has 2 N–H and O–H groups in total. The third-order valence-electron chi connectivity index (χ3n) is 4.55. The molecule has 0 saturated heterocycles. The number of hydrogen-bond acceptors (Lipinski definition) is 6. The van der Waals surface area contributed by atoms with Gasteiger partial charge < -0.3 is 19.9 Å². The van der Waals surface area contributed by atoms with Crippen molar-refractivity contribution < 1.29 is 22.6 Å². The van der Waals surface area contributed by atoms with E-state index in [4.69, 9.17) is 19.9 Å². The number of hydrogen-bond donors (Lipinski definition) is 1. The topological polar surface area (TPSA) is 87.9 Å². The molecule has 6 nitrogen and oxygen atoms in total. The highest BCUT2D eigenvalue weighted by Crippen LogP contribution is 2.63. The summed E-state index contributed by atoms with van der Waals surface area (Å²) in [5.41, 5.74) is 6.29. The Bertz CT molecular complexity index is 675. The predicted octanol–water partition coefficient (Wildman–Crippen LogP) is 0.907. The molecule has 3 atom stereocenters. The van der Waals surface area contributed by atoms with Crippen molar-refractivity contribution in [1.82, 2.24) is 0 Å². The van der Waals surface area contributed by atoms with Crippen LogP contribution in [0.3, 0.4) is 0 Å². The van der Waals surface area contributed by atoms with Crippen molar-refractivity contribution in [3.63, 3.8) is 0 Å². The first-order valence-electron chi connectivity index (χ1n) is 7.30. The van der Waals surface area contributed by atoms with Crippen LogP contribution in [0, 0.1) is 5.41 Å².